The van der Waals surface area contributed by atoms with Crippen LogP contribution in [-0.2, 0) is 0 Å². The summed E-state index contributed by atoms with van der Waals surface area (Å²) in [5, 5.41) is 4.51. The lowest BCUT2D eigenvalue weighted by Crippen LogP contribution is -2.26. The van der Waals surface area contributed by atoms with Gasteiger partial charge in [0.25, 0.3) is 5.56 Å². The highest BCUT2D eigenvalue weighted by molar-refractivity contribution is 14.1. The number of hydrogen-bond donors (Lipinski definition) is 2. The second-order valence-corrected chi connectivity index (χ2v) is 6.53. The normalized spacial score (nSPS) is 11.0. The Hall–Kier alpha value is -2.33. The van der Waals surface area contributed by atoms with E-state index in [9.17, 15) is 4.79 Å². The molecule has 0 amide bonds. The molecule has 120 valence electrons. The largest absolute Gasteiger partial charge is 0.375 e. The van der Waals surface area contributed by atoms with Crippen molar-refractivity contribution in [2.75, 3.05) is 0 Å². The van der Waals surface area contributed by atoms with Gasteiger partial charge in [0.2, 0.25) is 0 Å². The molecule has 0 aliphatic carbocycles. The predicted molar refractivity (Wildman–Crippen MR) is 108 cm³/mol. The molecule has 0 aliphatic rings. The summed E-state index contributed by atoms with van der Waals surface area (Å²) in [6.45, 7) is 0. The van der Waals surface area contributed by atoms with E-state index in [4.69, 9.17) is 18.0 Å². The Kier molecular flexibility index (Phi) is 4.86. The quantitative estimate of drug-likeness (QED) is 0.277. The third kappa shape index (κ3) is 3.44. The zero-order chi connectivity index (χ0) is 17.1. The number of rotatable bonds is 3. The molecule has 2 aromatic carbocycles. The number of halogens is 1. The molecule has 6 nitrogen and oxygen atoms in total. The van der Waals surface area contributed by atoms with E-state index >= 15 is 0 Å². The Balaban J connectivity index is 2.28. The molecule has 0 saturated carbocycles. The van der Waals surface area contributed by atoms with E-state index in [2.05, 4.69) is 38.1 Å². The maximum absolute atomic E-state index is 13.0. The third-order valence-corrected chi connectivity index (χ3v) is 3.99. The fraction of sp³-hybridized carbons (Fsp3) is 0. The van der Waals surface area contributed by atoms with Crippen LogP contribution in [0.25, 0.3) is 16.6 Å². The number of fused-ring (bicyclic) bond motifs is 1. The number of thiocarbonyl (C=S) groups is 1. The lowest BCUT2D eigenvalue weighted by Gasteiger charge is -2.11. The van der Waals surface area contributed by atoms with Gasteiger partial charge < -0.3 is 5.73 Å². The third-order valence-electron chi connectivity index (χ3n) is 3.23. The monoisotopic (exact) mass is 449 g/mol. The molecule has 3 rings (SSSR count). The molecule has 0 spiro atoms. The van der Waals surface area contributed by atoms with Crippen molar-refractivity contribution in [1.82, 2.24) is 15.0 Å². The molecule has 3 aromatic rings. The maximum Gasteiger partial charge on any atom is 0.266 e. The molecule has 0 saturated heterocycles. The molecule has 0 unspecified atom stereocenters. The van der Waals surface area contributed by atoms with Crippen LogP contribution in [0.1, 0.15) is 5.82 Å². The first-order chi connectivity index (χ1) is 11.6. The molecule has 8 heteroatoms. The van der Waals surface area contributed by atoms with Crippen molar-refractivity contribution in [2.45, 2.75) is 0 Å². The number of benzene rings is 2. The summed E-state index contributed by atoms with van der Waals surface area (Å²) in [4.78, 5) is 17.5. The van der Waals surface area contributed by atoms with Gasteiger partial charge in [-0.15, -0.1) is 0 Å². The molecular weight excluding hydrogens is 437 g/mol. The first kappa shape index (κ1) is 16.5. The Morgan fingerprint density at radius 3 is 2.75 bits per heavy atom. The van der Waals surface area contributed by atoms with Crippen molar-refractivity contribution in [1.29, 1.82) is 0 Å². The van der Waals surface area contributed by atoms with E-state index in [0.717, 1.165) is 3.57 Å². The van der Waals surface area contributed by atoms with Crippen molar-refractivity contribution in [3.8, 4) is 5.69 Å². The first-order valence-electron chi connectivity index (χ1n) is 6.92. The van der Waals surface area contributed by atoms with E-state index in [0.29, 0.717) is 22.4 Å². The molecule has 1 aromatic heterocycles. The van der Waals surface area contributed by atoms with Crippen LogP contribution < -0.4 is 16.7 Å². The maximum atomic E-state index is 13.0. The lowest BCUT2D eigenvalue weighted by molar-refractivity contribution is 0.939. The summed E-state index contributed by atoms with van der Waals surface area (Å²) in [5.74, 6) is 0.378. The average Bonchev–Trinajstić information content (AvgIpc) is 2.56. The SMILES string of the molecule is NC(=S)N/N=C/c1nc2ccc(I)cc2c(=O)n1-c1ccccc1. The van der Waals surface area contributed by atoms with Crippen molar-refractivity contribution >= 4 is 57.0 Å². The smallest absolute Gasteiger partial charge is 0.266 e. The van der Waals surface area contributed by atoms with E-state index in [-0.39, 0.29) is 10.7 Å². The van der Waals surface area contributed by atoms with Gasteiger partial charge in [0, 0.05) is 3.57 Å². The van der Waals surface area contributed by atoms with Crippen molar-refractivity contribution in [3.63, 3.8) is 0 Å². The number of para-hydroxylation sites is 1. The summed E-state index contributed by atoms with van der Waals surface area (Å²) < 4.78 is 2.47. The molecule has 3 N–H and O–H groups in total. The summed E-state index contributed by atoms with van der Waals surface area (Å²) >= 11 is 6.89. The Morgan fingerprint density at radius 2 is 2.04 bits per heavy atom. The van der Waals surface area contributed by atoms with Gasteiger partial charge in [0.15, 0.2) is 10.9 Å². The Bertz CT molecular complexity index is 1000. The Morgan fingerprint density at radius 1 is 1.29 bits per heavy atom. The van der Waals surface area contributed by atoms with Crippen LogP contribution in [-0.4, -0.2) is 20.9 Å². The molecular formula is C16H12IN5OS. The van der Waals surface area contributed by atoms with Gasteiger partial charge >= 0.3 is 0 Å². The fourth-order valence-corrected chi connectivity index (χ4v) is 2.79. The van der Waals surface area contributed by atoms with Gasteiger partial charge in [0.1, 0.15) is 0 Å². The predicted octanol–water partition coefficient (Wildman–Crippen LogP) is 2.16. The number of nitrogens with zero attached hydrogens (tertiary/aromatic N) is 3. The van der Waals surface area contributed by atoms with Gasteiger partial charge in [-0.3, -0.25) is 14.8 Å². The van der Waals surface area contributed by atoms with Gasteiger partial charge in [-0.2, -0.15) is 5.10 Å². The highest BCUT2D eigenvalue weighted by atomic mass is 127. The summed E-state index contributed by atoms with van der Waals surface area (Å²) in [6, 6.07) is 14.8. The van der Waals surface area contributed by atoms with E-state index < -0.39 is 0 Å². The first-order valence-corrected chi connectivity index (χ1v) is 8.41. The highest BCUT2D eigenvalue weighted by Crippen LogP contribution is 2.15. The zero-order valence-corrected chi connectivity index (χ0v) is 15.3. The molecule has 0 bridgehead atoms. The molecule has 0 atom stereocenters. The second kappa shape index (κ2) is 7.05. The van der Waals surface area contributed by atoms with Crippen molar-refractivity contribution in [3.05, 3.63) is 68.3 Å². The fourth-order valence-electron chi connectivity index (χ4n) is 2.24. The van der Waals surface area contributed by atoms with Gasteiger partial charge in [0.05, 0.1) is 22.8 Å². The highest BCUT2D eigenvalue weighted by Gasteiger charge is 2.11. The Labute approximate surface area is 156 Å². The molecule has 0 radical (unpaired) electrons. The van der Waals surface area contributed by atoms with Crippen LogP contribution in [0.15, 0.2) is 58.4 Å². The number of hydrogen-bond acceptors (Lipinski definition) is 4. The van der Waals surface area contributed by atoms with Gasteiger partial charge in [-0.25, -0.2) is 4.98 Å². The van der Waals surface area contributed by atoms with Gasteiger partial charge in [-0.05, 0) is 65.1 Å². The minimum absolute atomic E-state index is 0.0372. The molecule has 1 heterocycles. The minimum Gasteiger partial charge on any atom is -0.375 e. The average molecular weight is 449 g/mol. The topological polar surface area (TPSA) is 85.3 Å². The molecule has 24 heavy (non-hydrogen) atoms. The van der Waals surface area contributed by atoms with Crippen LogP contribution >= 0.6 is 34.8 Å². The van der Waals surface area contributed by atoms with Crippen LogP contribution in [0.4, 0.5) is 0 Å². The van der Waals surface area contributed by atoms with Crippen LogP contribution in [0, 0.1) is 3.57 Å². The summed E-state index contributed by atoms with van der Waals surface area (Å²) in [5.41, 5.74) is 8.97. The standard InChI is InChI=1S/C16H12IN5OS/c17-10-6-7-13-12(8-10)15(23)22(11-4-2-1-3-5-11)14(20-13)9-19-21-16(18)24/h1-9H,(H3,18,21,24)/b19-9+. The molecule has 0 fully saturated rings. The number of nitrogens with two attached hydrogens (primary N) is 1. The number of nitrogens with one attached hydrogen (secondary N) is 1. The lowest BCUT2D eigenvalue weighted by atomic mass is 10.2. The van der Waals surface area contributed by atoms with E-state index in [1.54, 1.807) is 0 Å². The zero-order valence-electron chi connectivity index (χ0n) is 12.3. The van der Waals surface area contributed by atoms with Gasteiger partial charge in [-0.1, -0.05) is 18.2 Å². The van der Waals surface area contributed by atoms with E-state index in [1.807, 2.05) is 48.5 Å². The summed E-state index contributed by atoms with van der Waals surface area (Å²) in [7, 11) is 0. The molecule has 0 aliphatic heterocycles. The van der Waals surface area contributed by atoms with Crippen LogP contribution in [0.2, 0.25) is 0 Å². The van der Waals surface area contributed by atoms with Crippen LogP contribution in [0.5, 0.6) is 0 Å². The number of aromatic nitrogens is 2. The van der Waals surface area contributed by atoms with Crippen molar-refractivity contribution < 1.29 is 0 Å². The minimum atomic E-state index is -0.165. The van der Waals surface area contributed by atoms with E-state index in [1.165, 1.54) is 10.8 Å². The summed E-state index contributed by atoms with van der Waals surface area (Å²) in [6.07, 6.45) is 1.42. The second-order valence-electron chi connectivity index (χ2n) is 4.84. The van der Waals surface area contributed by atoms with Crippen LogP contribution in [0.3, 0.4) is 0 Å². The number of hydrazone groups is 1. The van der Waals surface area contributed by atoms with Crippen molar-refractivity contribution in [2.24, 2.45) is 10.8 Å².